The summed E-state index contributed by atoms with van der Waals surface area (Å²) in [6.07, 6.45) is 0. The molecule has 0 aromatic rings. The molecule has 0 bridgehead atoms. The largest absolute Gasteiger partial charge is 0.334 e. The SMILES string of the molecule is CCN(CC)C(F)(F)C(Cl)Cl. The second-order valence-electron chi connectivity index (χ2n) is 2.06. The molecule has 0 radical (unpaired) electrons. The molecular formula is C6H11Cl2F2N. The van der Waals surface area contributed by atoms with Crippen molar-refractivity contribution in [2.45, 2.75) is 24.7 Å². The van der Waals surface area contributed by atoms with Gasteiger partial charge in [0.25, 0.3) is 0 Å². The van der Waals surface area contributed by atoms with E-state index in [1.165, 1.54) is 0 Å². The Bertz CT molecular complexity index is 115. The second kappa shape index (κ2) is 4.43. The summed E-state index contributed by atoms with van der Waals surface area (Å²) in [6.45, 7) is 3.74. The van der Waals surface area contributed by atoms with E-state index in [1.807, 2.05) is 0 Å². The van der Waals surface area contributed by atoms with Gasteiger partial charge < -0.3 is 0 Å². The minimum atomic E-state index is -3.12. The Balaban J connectivity index is 4.24. The van der Waals surface area contributed by atoms with E-state index in [1.54, 1.807) is 13.8 Å². The number of hydrogen-bond acceptors (Lipinski definition) is 1. The van der Waals surface area contributed by atoms with Gasteiger partial charge in [-0.1, -0.05) is 37.0 Å². The van der Waals surface area contributed by atoms with E-state index >= 15 is 0 Å². The average Bonchev–Trinajstić information content (AvgIpc) is 1.89. The van der Waals surface area contributed by atoms with Crippen molar-refractivity contribution in [1.82, 2.24) is 4.90 Å². The van der Waals surface area contributed by atoms with E-state index in [-0.39, 0.29) is 13.1 Å². The maximum Gasteiger partial charge on any atom is 0.334 e. The lowest BCUT2D eigenvalue weighted by molar-refractivity contribution is -0.130. The number of alkyl halides is 4. The van der Waals surface area contributed by atoms with Crippen LogP contribution in [-0.4, -0.2) is 28.9 Å². The van der Waals surface area contributed by atoms with Crippen LogP contribution < -0.4 is 0 Å². The molecule has 1 nitrogen and oxygen atoms in total. The molecule has 0 rings (SSSR count). The standard InChI is InChI=1S/C6H11Cl2F2N/c1-3-11(4-2)6(9,10)5(7)8/h5H,3-4H2,1-2H3. The summed E-state index contributed by atoms with van der Waals surface area (Å²) >= 11 is 10.2. The van der Waals surface area contributed by atoms with Gasteiger partial charge in [-0.05, 0) is 0 Å². The summed E-state index contributed by atoms with van der Waals surface area (Å²) in [5.41, 5.74) is 0. The Labute approximate surface area is 75.3 Å². The van der Waals surface area contributed by atoms with Crippen molar-refractivity contribution in [3.63, 3.8) is 0 Å². The van der Waals surface area contributed by atoms with Crippen LogP contribution in [0.4, 0.5) is 8.78 Å². The Hall–Kier alpha value is 0.400. The van der Waals surface area contributed by atoms with Crippen molar-refractivity contribution in [3.05, 3.63) is 0 Å². The van der Waals surface area contributed by atoms with Crippen molar-refractivity contribution in [3.8, 4) is 0 Å². The van der Waals surface area contributed by atoms with Crippen molar-refractivity contribution < 1.29 is 8.78 Å². The van der Waals surface area contributed by atoms with Gasteiger partial charge in [-0.2, -0.15) is 8.78 Å². The summed E-state index contributed by atoms with van der Waals surface area (Å²) in [7, 11) is 0. The maximum atomic E-state index is 12.9. The summed E-state index contributed by atoms with van der Waals surface area (Å²) in [4.78, 5) is -0.750. The molecule has 0 amide bonds. The molecule has 0 aromatic heterocycles. The lowest BCUT2D eigenvalue weighted by Gasteiger charge is -2.29. The third-order valence-corrected chi connectivity index (χ3v) is 1.97. The molecule has 5 heteroatoms. The third-order valence-electron chi connectivity index (χ3n) is 1.45. The minimum absolute atomic E-state index is 0.236. The molecule has 0 atom stereocenters. The van der Waals surface area contributed by atoms with Crippen molar-refractivity contribution in [2.24, 2.45) is 0 Å². The van der Waals surface area contributed by atoms with Crippen molar-refractivity contribution in [2.75, 3.05) is 13.1 Å². The monoisotopic (exact) mass is 205 g/mol. The van der Waals surface area contributed by atoms with E-state index in [4.69, 9.17) is 23.2 Å². The normalized spacial score (nSPS) is 13.1. The predicted octanol–water partition coefficient (Wildman–Crippen LogP) is 2.72. The molecule has 0 unspecified atom stereocenters. The minimum Gasteiger partial charge on any atom is -0.243 e. The summed E-state index contributed by atoms with van der Waals surface area (Å²) in [6, 6.07) is -3.12. The first-order chi connectivity index (χ1) is 4.96. The van der Waals surface area contributed by atoms with Gasteiger partial charge in [-0.25, -0.2) is 4.90 Å². The van der Waals surface area contributed by atoms with E-state index in [0.717, 1.165) is 4.90 Å². The van der Waals surface area contributed by atoms with Crippen LogP contribution in [0, 0.1) is 0 Å². The zero-order valence-electron chi connectivity index (χ0n) is 6.45. The highest BCUT2D eigenvalue weighted by Gasteiger charge is 2.41. The lowest BCUT2D eigenvalue weighted by atomic mass is 10.4. The van der Waals surface area contributed by atoms with E-state index in [0.29, 0.717) is 0 Å². The fourth-order valence-corrected chi connectivity index (χ4v) is 1.06. The van der Waals surface area contributed by atoms with Gasteiger partial charge in [0.15, 0.2) is 4.84 Å². The van der Waals surface area contributed by atoms with E-state index in [2.05, 4.69) is 0 Å². The van der Waals surface area contributed by atoms with Gasteiger partial charge in [-0.15, -0.1) is 0 Å². The molecule has 0 aliphatic carbocycles. The molecule has 0 spiro atoms. The summed E-state index contributed by atoms with van der Waals surface area (Å²) in [5.74, 6) is 0. The van der Waals surface area contributed by atoms with Crippen LogP contribution >= 0.6 is 23.2 Å². The van der Waals surface area contributed by atoms with Gasteiger partial charge in [-0.3, -0.25) is 0 Å². The number of halogens is 4. The number of hydrogen-bond donors (Lipinski definition) is 0. The first-order valence-electron chi connectivity index (χ1n) is 3.37. The Morgan fingerprint density at radius 1 is 1.27 bits per heavy atom. The van der Waals surface area contributed by atoms with Crippen LogP contribution in [0.15, 0.2) is 0 Å². The summed E-state index contributed by atoms with van der Waals surface area (Å²) in [5, 5.41) is 0. The maximum absolute atomic E-state index is 12.9. The molecule has 0 N–H and O–H groups in total. The topological polar surface area (TPSA) is 3.24 Å². The third kappa shape index (κ3) is 2.73. The molecule has 0 heterocycles. The fourth-order valence-electron chi connectivity index (χ4n) is 0.783. The average molecular weight is 206 g/mol. The summed E-state index contributed by atoms with van der Waals surface area (Å²) < 4.78 is 25.7. The highest BCUT2D eigenvalue weighted by atomic mass is 35.5. The molecule has 0 aliphatic rings. The smallest absolute Gasteiger partial charge is 0.243 e. The zero-order chi connectivity index (χ0) is 9.07. The van der Waals surface area contributed by atoms with Crippen molar-refractivity contribution in [1.29, 1.82) is 0 Å². The van der Waals surface area contributed by atoms with E-state index in [9.17, 15) is 8.78 Å². The molecule has 0 fully saturated rings. The van der Waals surface area contributed by atoms with E-state index < -0.39 is 10.9 Å². The zero-order valence-corrected chi connectivity index (χ0v) is 7.96. The van der Waals surface area contributed by atoms with Crippen LogP contribution in [0.5, 0.6) is 0 Å². The van der Waals surface area contributed by atoms with Crippen LogP contribution in [0.25, 0.3) is 0 Å². The molecule has 0 saturated heterocycles. The first-order valence-corrected chi connectivity index (χ1v) is 4.25. The van der Waals surface area contributed by atoms with Crippen molar-refractivity contribution >= 4 is 23.2 Å². The lowest BCUT2D eigenvalue weighted by Crippen LogP contribution is -2.46. The van der Waals surface area contributed by atoms with Crippen LogP contribution in [0.2, 0.25) is 0 Å². The van der Waals surface area contributed by atoms with Crippen LogP contribution in [-0.2, 0) is 0 Å². The van der Waals surface area contributed by atoms with Gasteiger partial charge in [0.2, 0.25) is 0 Å². The van der Waals surface area contributed by atoms with Gasteiger partial charge in [0.05, 0.1) is 0 Å². The molecule has 0 aliphatic heterocycles. The van der Waals surface area contributed by atoms with Gasteiger partial charge >= 0.3 is 6.05 Å². The molecule has 11 heavy (non-hydrogen) atoms. The van der Waals surface area contributed by atoms with Crippen LogP contribution in [0.1, 0.15) is 13.8 Å². The Morgan fingerprint density at radius 3 is 1.73 bits per heavy atom. The number of nitrogens with zero attached hydrogens (tertiary/aromatic N) is 1. The van der Waals surface area contributed by atoms with Crippen LogP contribution in [0.3, 0.4) is 0 Å². The van der Waals surface area contributed by atoms with Gasteiger partial charge in [0.1, 0.15) is 0 Å². The Kier molecular flexibility index (Phi) is 4.59. The predicted molar refractivity (Wildman–Crippen MR) is 43.4 cm³/mol. The molecule has 0 aromatic carbocycles. The quantitative estimate of drug-likeness (QED) is 0.504. The molecule has 68 valence electrons. The second-order valence-corrected chi connectivity index (χ2v) is 3.16. The fraction of sp³-hybridized carbons (Fsp3) is 1.00. The molecule has 0 saturated carbocycles. The first kappa shape index (κ1) is 11.4. The number of rotatable bonds is 4. The Morgan fingerprint density at radius 2 is 1.64 bits per heavy atom. The van der Waals surface area contributed by atoms with Gasteiger partial charge in [0, 0.05) is 13.1 Å². The molecular weight excluding hydrogens is 195 g/mol. The highest BCUT2D eigenvalue weighted by molar-refractivity contribution is 6.44. The highest BCUT2D eigenvalue weighted by Crippen LogP contribution is 2.29.